The van der Waals surface area contributed by atoms with E-state index < -0.39 is 5.97 Å². The zero-order chi connectivity index (χ0) is 20.7. The predicted octanol–water partition coefficient (Wildman–Crippen LogP) is 7.54. The van der Waals surface area contributed by atoms with Gasteiger partial charge in [-0.05, 0) is 60.5 Å². The molecule has 1 aromatic heterocycles. The minimum atomic E-state index is -0.418. The van der Waals surface area contributed by atoms with Crippen LogP contribution >= 0.6 is 34.9 Å². The van der Waals surface area contributed by atoms with Gasteiger partial charge in [-0.1, -0.05) is 52.9 Å². The van der Waals surface area contributed by atoms with E-state index in [1.807, 2.05) is 36.5 Å². The second-order valence-corrected chi connectivity index (χ2v) is 10.5. The van der Waals surface area contributed by atoms with E-state index in [0.717, 1.165) is 5.56 Å². The lowest BCUT2D eigenvalue weighted by Gasteiger charge is -2.02. The summed E-state index contributed by atoms with van der Waals surface area (Å²) in [5, 5.41) is 6.35. The number of oxime groups is 1. The van der Waals surface area contributed by atoms with E-state index in [2.05, 4.69) is 65.8 Å². The molecule has 30 heavy (non-hydrogen) atoms. The lowest BCUT2D eigenvalue weighted by molar-refractivity contribution is -0.140. The monoisotopic (exact) mass is 447 g/mol. The fourth-order valence-electron chi connectivity index (χ4n) is 3.35. The number of nitrogens with zero attached hydrogens (tertiary/aromatic N) is 1. The molecule has 0 spiro atoms. The number of thioether (sulfide) groups is 2. The van der Waals surface area contributed by atoms with Gasteiger partial charge >= 0.3 is 5.97 Å². The summed E-state index contributed by atoms with van der Waals surface area (Å²) in [4.78, 5) is 18.5. The van der Waals surface area contributed by atoms with Crippen molar-refractivity contribution in [1.29, 1.82) is 0 Å². The highest BCUT2D eigenvalue weighted by molar-refractivity contribution is 8.24. The quantitative estimate of drug-likeness (QED) is 0.185. The van der Waals surface area contributed by atoms with Crippen molar-refractivity contribution in [3.05, 3.63) is 76.0 Å². The number of carbonyl (C=O) groups excluding carboxylic acids is 1. The third kappa shape index (κ3) is 3.78. The number of carbonyl (C=O) groups is 1. The van der Waals surface area contributed by atoms with Crippen molar-refractivity contribution in [2.24, 2.45) is 5.16 Å². The topological polar surface area (TPSA) is 38.7 Å². The molecule has 148 valence electrons. The highest BCUT2D eigenvalue weighted by atomic mass is 32.2. The molecule has 0 atom stereocenters. The van der Waals surface area contributed by atoms with Gasteiger partial charge in [0.2, 0.25) is 0 Å². The molecule has 0 amide bonds. The first-order valence-corrected chi connectivity index (χ1v) is 11.9. The lowest BCUT2D eigenvalue weighted by Crippen LogP contribution is -1.99. The van der Waals surface area contributed by atoms with E-state index in [1.54, 1.807) is 11.3 Å². The molecule has 0 bridgehead atoms. The van der Waals surface area contributed by atoms with Crippen LogP contribution < -0.4 is 0 Å². The number of fused-ring (bicyclic) bond motifs is 4. The maximum absolute atomic E-state index is 11.0. The minimum Gasteiger partial charge on any atom is -0.318 e. The molecule has 0 saturated carbocycles. The highest BCUT2D eigenvalue weighted by Gasteiger charge is 2.16. The van der Waals surface area contributed by atoms with Crippen molar-refractivity contribution < 1.29 is 9.63 Å². The molecule has 0 N–H and O–H groups in total. The van der Waals surface area contributed by atoms with Gasteiger partial charge in [-0.2, -0.15) is 0 Å². The standard InChI is InChI=1S/C24H17NO2S3/c1-14(25-27-15(2)26)17-8-10-21-19(13-17)18-11-16(7-9-20(18)28-21)12-24-29-22-5-3-4-6-23(22)30-24/h3-13H,1-2H3. The summed E-state index contributed by atoms with van der Waals surface area (Å²) in [6.07, 6.45) is 2.26. The Morgan fingerprint density at radius 2 is 1.57 bits per heavy atom. The minimum absolute atomic E-state index is 0.418. The zero-order valence-corrected chi connectivity index (χ0v) is 18.8. The molecule has 0 saturated heterocycles. The van der Waals surface area contributed by atoms with Crippen LogP contribution in [0, 0.1) is 0 Å². The molecular weight excluding hydrogens is 430 g/mol. The number of benzene rings is 3. The van der Waals surface area contributed by atoms with Crippen LogP contribution in [0.1, 0.15) is 25.0 Å². The molecule has 5 rings (SSSR count). The summed E-state index contributed by atoms with van der Waals surface area (Å²) >= 11 is 5.44. The Hall–Kier alpha value is -2.54. The summed E-state index contributed by atoms with van der Waals surface area (Å²) in [5.41, 5.74) is 2.83. The largest absolute Gasteiger partial charge is 0.331 e. The van der Waals surface area contributed by atoms with Crippen molar-refractivity contribution in [2.75, 3.05) is 0 Å². The smallest absolute Gasteiger partial charge is 0.318 e. The fourth-order valence-corrected chi connectivity index (χ4v) is 6.82. The molecule has 0 unspecified atom stereocenters. The van der Waals surface area contributed by atoms with Gasteiger partial charge in [0, 0.05) is 36.9 Å². The summed E-state index contributed by atoms with van der Waals surface area (Å²) in [7, 11) is 0. The van der Waals surface area contributed by atoms with Crippen molar-refractivity contribution in [1.82, 2.24) is 0 Å². The van der Waals surface area contributed by atoms with Crippen LogP contribution in [0.2, 0.25) is 0 Å². The SMILES string of the molecule is CC(=O)ON=C(C)c1ccc2sc3ccc(C=C4Sc5ccccc5S4)cc3c2c1. The number of thiophene rings is 1. The van der Waals surface area contributed by atoms with E-state index in [4.69, 9.17) is 4.84 Å². The Morgan fingerprint density at radius 3 is 2.27 bits per heavy atom. The van der Waals surface area contributed by atoms with Gasteiger partial charge in [0.15, 0.2) is 0 Å². The average Bonchev–Trinajstić information content (AvgIpc) is 3.31. The summed E-state index contributed by atoms with van der Waals surface area (Å²) in [6.45, 7) is 3.20. The Labute approximate surface area is 186 Å². The molecule has 6 heteroatoms. The van der Waals surface area contributed by atoms with E-state index in [9.17, 15) is 4.79 Å². The first-order valence-electron chi connectivity index (χ1n) is 9.42. The van der Waals surface area contributed by atoms with Crippen LogP contribution in [-0.2, 0) is 9.63 Å². The number of hydrogen-bond acceptors (Lipinski definition) is 6. The predicted molar refractivity (Wildman–Crippen MR) is 129 cm³/mol. The Kier molecular flexibility index (Phi) is 5.15. The Balaban J connectivity index is 1.53. The van der Waals surface area contributed by atoms with E-state index in [-0.39, 0.29) is 0 Å². The molecule has 2 heterocycles. The van der Waals surface area contributed by atoms with Crippen molar-refractivity contribution in [3.63, 3.8) is 0 Å². The van der Waals surface area contributed by atoms with Gasteiger partial charge in [-0.25, -0.2) is 4.79 Å². The molecule has 4 aromatic rings. The Bertz CT molecular complexity index is 1340. The maximum Gasteiger partial charge on any atom is 0.331 e. The second-order valence-electron chi connectivity index (χ2n) is 6.94. The molecular formula is C24H17NO2S3. The third-order valence-corrected chi connectivity index (χ3v) is 8.35. The van der Waals surface area contributed by atoms with Gasteiger partial charge in [0.05, 0.1) is 9.95 Å². The lowest BCUT2D eigenvalue weighted by atomic mass is 10.1. The van der Waals surface area contributed by atoms with E-state index >= 15 is 0 Å². The van der Waals surface area contributed by atoms with Crippen LogP contribution in [0.15, 0.2) is 79.8 Å². The number of hydrogen-bond donors (Lipinski definition) is 0. The van der Waals surface area contributed by atoms with Gasteiger partial charge in [-0.3, -0.25) is 0 Å². The first-order chi connectivity index (χ1) is 14.6. The third-order valence-electron chi connectivity index (χ3n) is 4.78. The summed E-state index contributed by atoms with van der Waals surface area (Å²) in [6, 6.07) is 21.4. The summed E-state index contributed by atoms with van der Waals surface area (Å²) < 4.78 is 3.78. The van der Waals surface area contributed by atoms with Crippen LogP contribution in [-0.4, -0.2) is 11.7 Å². The molecule has 1 aliphatic heterocycles. The van der Waals surface area contributed by atoms with Gasteiger partial charge in [-0.15, -0.1) is 11.3 Å². The van der Waals surface area contributed by atoms with Gasteiger partial charge in [0.25, 0.3) is 0 Å². The second kappa shape index (κ2) is 7.95. The average molecular weight is 448 g/mol. The molecule has 0 radical (unpaired) electrons. The molecule has 0 fully saturated rings. The van der Waals surface area contributed by atoms with E-state index in [0.29, 0.717) is 5.71 Å². The maximum atomic E-state index is 11.0. The van der Waals surface area contributed by atoms with Crippen LogP contribution in [0.5, 0.6) is 0 Å². The van der Waals surface area contributed by atoms with E-state index in [1.165, 1.54) is 46.7 Å². The fraction of sp³-hybridized carbons (Fsp3) is 0.0833. The summed E-state index contributed by atoms with van der Waals surface area (Å²) in [5.74, 6) is -0.418. The van der Waals surface area contributed by atoms with Crippen LogP contribution in [0.4, 0.5) is 0 Å². The molecule has 3 aromatic carbocycles. The van der Waals surface area contributed by atoms with Crippen LogP contribution in [0.3, 0.4) is 0 Å². The number of rotatable bonds is 3. The van der Waals surface area contributed by atoms with Crippen molar-refractivity contribution >= 4 is 72.8 Å². The Morgan fingerprint density at radius 1 is 0.900 bits per heavy atom. The normalized spacial score (nSPS) is 13.7. The molecule has 3 nitrogen and oxygen atoms in total. The highest BCUT2D eigenvalue weighted by Crippen LogP contribution is 2.51. The first kappa shape index (κ1) is 19.4. The molecule has 0 aliphatic carbocycles. The van der Waals surface area contributed by atoms with Crippen molar-refractivity contribution in [3.8, 4) is 0 Å². The van der Waals surface area contributed by atoms with Gasteiger partial charge < -0.3 is 4.84 Å². The van der Waals surface area contributed by atoms with Crippen LogP contribution in [0.25, 0.3) is 26.2 Å². The van der Waals surface area contributed by atoms with Gasteiger partial charge in [0.1, 0.15) is 0 Å². The van der Waals surface area contributed by atoms with Crippen molar-refractivity contribution in [2.45, 2.75) is 23.6 Å². The zero-order valence-electron chi connectivity index (χ0n) is 16.3. The molecule has 1 aliphatic rings.